The summed E-state index contributed by atoms with van der Waals surface area (Å²) < 4.78 is 15.5. The quantitative estimate of drug-likeness (QED) is 0.707. The molecule has 1 N–H and O–H groups in total. The molecule has 5 rings (SSSR count). The van der Waals surface area contributed by atoms with Crippen LogP contribution >= 0.6 is 0 Å². The van der Waals surface area contributed by atoms with Gasteiger partial charge >= 0.3 is 0 Å². The van der Waals surface area contributed by atoms with Crippen molar-refractivity contribution in [3.05, 3.63) is 48.0 Å². The third-order valence-electron chi connectivity index (χ3n) is 5.81. The van der Waals surface area contributed by atoms with E-state index in [0.717, 1.165) is 48.3 Å². The minimum Gasteiger partial charge on any atom is -0.351 e. The predicted molar refractivity (Wildman–Crippen MR) is 107 cm³/mol. The highest BCUT2D eigenvalue weighted by atomic mass is 19.1. The summed E-state index contributed by atoms with van der Waals surface area (Å²) in [6.45, 7) is 0.918. The first-order valence-corrected chi connectivity index (χ1v) is 10.2. The van der Waals surface area contributed by atoms with E-state index in [1.807, 2.05) is 12.3 Å². The minimum atomic E-state index is -0.237. The number of nitrogens with one attached hydrogen (secondary N) is 1. The molecule has 1 aliphatic carbocycles. The van der Waals surface area contributed by atoms with Gasteiger partial charge in [-0.15, -0.1) is 0 Å². The summed E-state index contributed by atoms with van der Waals surface area (Å²) in [5.41, 5.74) is 4.96. The van der Waals surface area contributed by atoms with Crippen LogP contribution in [0.4, 0.5) is 10.3 Å². The molecule has 1 aliphatic heterocycles. The van der Waals surface area contributed by atoms with Crippen LogP contribution in [0.25, 0.3) is 22.5 Å². The minimum absolute atomic E-state index is 0.237. The molecule has 144 valence electrons. The van der Waals surface area contributed by atoms with Crippen molar-refractivity contribution >= 4 is 5.95 Å². The van der Waals surface area contributed by atoms with Crippen LogP contribution in [0, 0.1) is 5.82 Å². The number of halogens is 1. The number of aromatic nitrogens is 4. The molecule has 0 spiro atoms. The second-order valence-corrected chi connectivity index (χ2v) is 7.75. The average Bonchev–Trinajstić information content (AvgIpc) is 3.36. The summed E-state index contributed by atoms with van der Waals surface area (Å²) >= 11 is 0. The molecular formula is C22H24FN5. The lowest BCUT2D eigenvalue weighted by Gasteiger charge is -2.15. The Kier molecular flexibility index (Phi) is 4.55. The van der Waals surface area contributed by atoms with Gasteiger partial charge in [0.05, 0.1) is 5.69 Å². The van der Waals surface area contributed by atoms with Crippen LogP contribution in [0.2, 0.25) is 0 Å². The number of hydrogen-bond donors (Lipinski definition) is 1. The first-order chi connectivity index (χ1) is 13.8. The van der Waals surface area contributed by atoms with Gasteiger partial charge in [0, 0.05) is 35.6 Å². The highest BCUT2D eigenvalue weighted by Gasteiger charge is 2.24. The average molecular weight is 377 g/mol. The van der Waals surface area contributed by atoms with Crippen LogP contribution in [0.3, 0.4) is 0 Å². The second-order valence-electron chi connectivity index (χ2n) is 7.75. The molecule has 5 nitrogen and oxygen atoms in total. The molecule has 6 heteroatoms. The Morgan fingerprint density at radius 1 is 1.00 bits per heavy atom. The Balaban J connectivity index is 1.58. The molecule has 0 radical (unpaired) electrons. The molecule has 1 aromatic carbocycles. The molecule has 3 heterocycles. The van der Waals surface area contributed by atoms with Crippen LogP contribution in [-0.2, 0) is 13.0 Å². The molecule has 0 saturated heterocycles. The standard InChI is InChI=1S/C22H24FN5/c23-16-10-8-15(9-11-16)21-20(19-7-3-4-14-28(19)27-21)18-12-13-24-22(26-18)25-17-5-1-2-6-17/h8-13,17H,1-7,14H2,(H,24,25,26). The van der Waals surface area contributed by atoms with Crippen LogP contribution in [0.1, 0.15) is 44.2 Å². The van der Waals surface area contributed by atoms with Crippen molar-refractivity contribution in [3.8, 4) is 22.5 Å². The van der Waals surface area contributed by atoms with Gasteiger partial charge in [-0.3, -0.25) is 4.68 Å². The number of aryl methyl sites for hydroxylation is 1. The topological polar surface area (TPSA) is 55.6 Å². The number of anilines is 1. The zero-order chi connectivity index (χ0) is 18.9. The van der Waals surface area contributed by atoms with Gasteiger partial charge in [0.1, 0.15) is 11.5 Å². The van der Waals surface area contributed by atoms with E-state index in [1.165, 1.54) is 43.5 Å². The van der Waals surface area contributed by atoms with Crippen LogP contribution in [0.5, 0.6) is 0 Å². The van der Waals surface area contributed by atoms with Crippen LogP contribution < -0.4 is 5.32 Å². The summed E-state index contributed by atoms with van der Waals surface area (Å²) in [5.74, 6) is 0.449. The van der Waals surface area contributed by atoms with Gasteiger partial charge in [-0.2, -0.15) is 5.10 Å². The summed E-state index contributed by atoms with van der Waals surface area (Å²) in [4.78, 5) is 9.28. The molecule has 28 heavy (non-hydrogen) atoms. The SMILES string of the molecule is Fc1ccc(-c2nn3c(c2-c2ccnc(NC4CCCC4)n2)CCCC3)cc1. The van der Waals surface area contributed by atoms with Gasteiger partial charge in [-0.1, -0.05) is 12.8 Å². The maximum Gasteiger partial charge on any atom is 0.223 e. The highest BCUT2D eigenvalue weighted by molar-refractivity contribution is 5.81. The first-order valence-electron chi connectivity index (χ1n) is 10.2. The molecular weight excluding hydrogens is 353 g/mol. The van der Waals surface area contributed by atoms with E-state index < -0.39 is 0 Å². The molecule has 0 unspecified atom stereocenters. The highest BCUT2D eigenvalue weighted by Crippen LogP contribution is 2.36. The van der Waals surface area contributed by atoms with Crippen LogP contribution in [0.15, 0.2) is 36.5 Å². The second kappa shape index (κ2) is 7.34. The van der Waals surface area contributed by atoms with Crippen molar-refractivity contribution in [3.63, 3.8) is 0 Å². The van der Waals surface area contributed by atoms with Gasteiger partial charge in [0.25, 0.3) is 0 Å². The molecule has 2 aromatic heterocycles. The van der Waals surface area contributed by atoms with E-state index in [4.69, 9.17) is 10.1 Å². The largest absolute Gasteiger partial charge is 0.351 e. The maximum absolute atomic E-state index is 13.4. The molecule has 0 bridgehead atoms. The summed E-state index contributed by atoms with van der Waals surface area (Å²) in [5, 5.41) is 8.36. The van der Waals surface area contributed by atoms with Crippen LogP contribution in [-0.4, -0.2) is 25.8 Å². The smallest absolute Gasteiger partial charge is 0.223 e. The molecule has 3 aromatic rings. The fraction of sp³-hybridized carbons (Fsp3) is 0.409. The summed E-state index contributed by atoms with van der Waals surface area (Å²) in [7, 11) is 0. The fourth-order valence-electron chi connectivity index (χ4n) is 4.39. The molecule has 1 saturated carbocycles. The van der Waals surface area contributed by atoms with Crippen molar-refractivity contribution in [2.75, 3.05) is 5.32 Å². The van der Waals surface area contributed by atoms with Gasteiger partial charge in [0.15, 0.2) is 0 Å². The zero-order valence-electron chi connectivity index (χ0n) is 15.9. The third kappa shape index (κ3) is 3.28. The number of rotatable bonds is 4. The lowest BCUT2D eigenvalue weighted by Crippen LogP contribution is -2.16. The van der Waals surface area contributed by atoms with E-state index in [9.17, 15) is 4.39 Å². The number of fused-ring (bicyclic) bond motifs is 1. The number of benzene rings is 1. The van der Waals surface area contributed by atoms with Crippen molar-refractivity contribution < 1.29 is 4.39 Å². The van der Waals surface area contributed by atoms with Crippen molar-refractivity contribution in [1.29, 1.82) is 0 Å². The maximum atomic E-state index is 13.4. The first kappa shape index (κ1) is 17.3. The van der Waals surface area contributed by atoms with E-state index >= 15 is 0 Å². The summed E-state index contributed by atoms with van der Waals surface area (Å²) in [6, 6.07) is 9.00. The molecule has 0 atom stereocenters. The Labute approximate surface area is 164 Å². The zero-order valence-corrected chi connectivity index (χ0v) is 15.9. The monoisotopic (exact) mass is 377 g/mol. The van der Waals surface area contributed by atoms with E-state index in [0.29, 0.717) is 12.0 Å². The van der Waals surface area contributed by atoms with E-state index in [2.05, 4.69) is 15.0 Å². The number of nitrogens with zero attached hydrogens (tertiary/aromatic N) is 4. The van der Waals surface area contributed by atoms with Gasteiger partial charge in [-0.05, 0) is 62.4 Å². The Bertz CT molecular complexity index is 973. The van der Waals surface area contributed by atoms with Crippen molar-refractivity contribution in [2.45, 2.75) is 57.5 Å². The molecule has 1 fully saturated rings. The third-order valence-corrected chi connectivity index (χ3v) is 5.81. The van der Waals surface area contributed by atoms with Crippen molar-refractivity contribution in [2.24, 2.45) is 0 Å². The lowest BCUT2D eigenvalue weighted by atomic mass is 9.99. The fourth-order valence-corrected chi connectivity index (χ4v) is 4.39. The Hall–Kier alpha value is -2.76. The predicted octanol–water partition coefficient (Wildman–Crippen LogP) is 4.84. The lowest BCUT2D eigenvalue weighted by molar-refractivity contribution is 0.487. The Morgan fingerprint density at radius 2 is 1.82 bits per heavy atom. The van der Waals surface area contributed by atoms with Gasteiger partial charge in [0.2, 0.25) is 5.95 Å². The number of hydrogen-bond acceptors (Lipinski definition) is 4. The van der Waals surface area contributed by atoms with Crippen molar-refractivity contribution in [1.82, 2.24) is 19.7 Å². The summed E-state index contributed by atoms with van der Waals surface area (Å²) in [6.07, 6.45) is 9.98. The van der Waals surface area contributed by atoms with E-state index in [1.54, 1.807) is 12.1 Å². The Morgan fingerprint density at radius 3 is 2.64 bits per heavy atom. The molecule has 2 aliphatic rings. The van der Waals surface area contributed by atoms with E-state index in [-0.39, 0.29) is 5.82 Å². The van der Waals surface area contributed by atoms with Gasteiger partial charge in [-0.25, -0.2) is 14.4 Å². The van der Waals surface area contributed by atoms with Gasteiger partial charge < -0.3 is 5.32 Å². The molecule has 0 amide bonds. The normalized spacial score (nSPS) is 16.9.